The van der Waals surface area contributed by atoms with Gasteiger partial charge in [0, 0.05) is 24.2 Å². The van der Waals surface area contributed by atoms with Crippen molar-refractivity contribution in [1.29, 1.82) is 0 Å². The smallest absolute Gasteiger partial charge is 0.130 e. The molecule has 0 radical (unpaired) electrons. The fourth-order valence-electron chi connectivity index (χ4n) is 3.60. The molecule has 2 heterocycles. The van der Waals surface area contributed by atoms with Gasteiger partial charge in [0.1, 0.15) is 11.6 Å². The van der Waals surface area contributed by atoms with Gasteiger partial charge < -0.3 is 5.32 Å². The lowest BCUT2D eigenvalue weighted by Gasteiger charge is -2.39. The van der Waals surface area contributed by atoms with Gasteiger partial charge in [0.2, 0.25) is 0 Å². The molecule has 20 heavy (non-hydrogen) atoms. The van der Waals surface area contributed by atoms with Crippen molar-refractivity contribution in [3.63, 3.8) is 0 Å². The maximum atomic E-state index is 13.8. The number of hydrogen-bond donors (Lipinski definition) is 1. The zero-order valence-corrected chi connectivity index (χ0v) is 11.7. The van der Waals surface area contributed by atoms with Crippen molar-refractivity contribution in [3.05, 3.63) is 35.4 Å². The summed E-state index contributed by atoms with van der Waals surface area (Å²) in [7, 11) is 0. The SMILES string of the molecule is Fc1cccc(F)c1CN1CCCCC1C1CCCN1. The predicted molar refractivity (Wildman–Crippen MR) is 75.4 cm³/mol. The van der Waals surface area contributed by atoms with Crippen LogP contribution in [0.5, 0.6) is 0 Å². The number of nitrogens with one attached hydrogen (secondary N) is 1. The first-order valence-corrected chi connectivity index (χ1v) is 7.66. The van der Waals surface area contributed by atoms with Crippen molar-refractivity contribution in [2.45, 2.75) is 50.7 Å². The molecule has 110 valence electrons. The minimum absolute atomic E-state index is 0.220. The van der Waals surface area contributed by atoms with E-state index in [4.69, 9.17) is 0 Å². The Kier molecular flexibility index (Phi) is 4.32. The van der Waals surface area contributed by atoms with E-state index in [1.54, 1.807) is 0 Å². The Morgan fingerprint density at radius 1 is 1.10 bits per heavy atom. The molecule has 0 saturated carbocycles. The van der Waals surface area contributed by atoms with Crippen molar-refractivity contribution in [1.82, 2.24) is 10.2 Å². The van der Waals surface area contributed by atoms with Gasteiger partial charge in [-0.05, 0) is 50.9 Å². The van der Waals surface area contributed by atoms with Gasteiger partial charge in [-0.15, -0.1) is 0 Å². The Morgan fingerprint density at radius 2 is 1.90 bits per heavy atom. The lowest BCUT2D eigenvalue weighted by Crippen LogP contribution is -2.49. The monoisotopic (exact) mass is 280 g/mol. The van der Waals surface area contributed by atoms with Crippen LogP contribution in [0, 0.1) is 11.6 Å². The zero-order valence-electron chi connectivity index (χ0n) is 11.7. The molecule has 1 aromatic rings. The summed E-state index contributed by atoms with van der Waals surface area (Å²) >= 11 is 0. The highest BCUT2D eigenvalue weighted by Crippen LogP contribution is 2.27. The van der Waals surface area contributed by atoms with E-state index in [0.717, 1.165) is 25.9 Å². The van der Waals surface area contributed by atoms with Crippen LogP contribution in [0.1, 0.15) is 37.7 Å². The summed E-state index contributed by atoms with van der Waals surface area (Å²) in [5, 5.41) is 3.54. The van der Waals surface area contributed by atoms with Crippen LogP contribution in [0.4, 0.5) is 8.78 Å². The molecule has 1 aromatic carbocycles. The van der Waals surface area contributed by atoms with Crippen molar-refractivity contribution in [3.8, 4) is 0 Å². The zero-order chi connectivity index (χ0) is 13.9. The number of halogens is 2. The number of nitrogens with zero attached hydrogens (tertiary/aromatic N) is 1. The maximum absolute atomic E-state index is 13.8. The highest BCUT2D eigenvalue weighted by molar-refractivity contribution is 5.20. The van der Waals surface area contributed by atoms with Gasteiger partial charge in [-0.2, -0.15) is 0 Å². The predicted octanol–water partition coefficient (Wildman–Crippen LogP) is 3.07. The van der Waals surface area contributed by atoms with E-state index in [2.05, 4.69) is 10.2 Å². The quantitative estimate of drug-likeness (QED) is 0.915. The molecule has 2 atom stereocenters. The van der Waals surface area contributed by atoms with Crippen LogP contribution < -0.4 is 5.32 Å². The molecule has 0 spiro atoms. The van der Waals surface area contributed by atoms with E-state index in [1.165, 1.54) is 37.5 Å². The van der Waals surface area contributed by atoms with Crippen LogP contribution >= 0.6 is 0 Å². The summed E-state index contributed by atoms with van der Waals surface area (Å²) in [6.07, 6.45) is 5.87. The van der Waals surface area contributed by atoms with Gasteiger partial charge in [0.15, 0.2) is 0 Å². The first-order chi connectivity index (χ1) is 9.75. The third-order valence-corrected chi connectivity index (χ3v) is 4.65. The summed E-state index contributed by atoms with van der Waals surface area (Å²) in [6.45, 7) is 2.40. The van der Waals surface area contributed by atoms with E-state index in [1.807, 2.05) is 0 Å². The van der Waals surface area contributed by atoms with E-state index < -0.39 is 11.6 Å². The first kappa shape index (κ1) is 14.0. The van der Waals surface area contributed by atoms with Crippen molar-refractivity contribution < 1.29 is 8.78 Å². The first-order valence-electron chi connectivity index (χ1n) is 7.66. The Balaban J connectivity index is 1.76. The van der Waals surface area contributed by atoms with Gasteiger partial charge in [-0.1, -0.05) is 12.5 Å². The molecular formula is C16H22F2N2. The van der Waals surface area contributed by atoms with Crippen LogP contribution in [-0.2, 0) is 6.54 Å². The van der Waals surface area contributed by atoms with Gasteiger partial charge in [-0.25, -0.2) is 8.78 Å². The number of benzene rings is 1. The topological polar surface area (TPSA) is 15.3 Å². The maximum Gasteiger partial charge on any atom is 0.130 e. The lowest BCUT2D eigenvalue weighted by molar-refractivity contribution is 0.109. The highest BCUT2D eigenvalue weighted by atomic mass is 19.1. The second kappa shape index (κ2) is 6.19. The van der Waals surface area contributed by atoms with Crippen LogP contribution in [-0.4, -0.2) is 30.1 Å². The minimum atomic E-state index is -0.422. The second-order valence-corrected chi connectivity index (χ2v) is 5.94. The van der Waals surface area contributed by atoms with Gasteiger partial charge in [0.25, 0.3) is 0 Å². The average molecular weight is 280 g/mol. The molecule has 2 fully saturated rings. The number of hydrogen-bond acceptors (Lipinski definition) is 2. The molecular weight excluding hydrogens is 258 g/mol. The van der Waals surface area contributed by atoms with Crippen LogP contribution in [0.25, 0.3) is 0 Å². The normalized spacial score (nSPS) is 27.9. The number of likely N-dealkylation sites (tertiary alicyclic amines) is 1. The van der Waals surface area contributed by atoms with Crippen LogP contribution in [0.3, 0.4) is 0 Å². The van der Waals surface area contributed by atoms with E-state index in [-0.39, 0.29) is 5.56 Å². The largest absolute Gasteiger partial charge is 0.312 e. The Morgan fingerprint density at radius 3 is 2.60 bits per heavy atom. The molecule has 0 amide bonds. The van der Waals surface area contributed by atoms with E-state index in [9.17, 15) is 8.78 Å². The molecule has 2 nitrogen and oxygen atoms in total. The van der Waals surface area contributed by atoms with Gasteiger partial charge in [0.05, 0.1) is 0 Å². The molecule has 2 unspecified atom stereocenters. The van der Waals surface area contributed by atoms with Crippen LogP contribution in [0.2, 0.25) is 0 Å². The number of piperidine rings is 1. The van der Waals surface area contributed by atoms with Gasteiger partial charge in [-0.3, -0.25) is 4.90 Å². The molecule has 1 N–H and O–H groups in total. The Bertz CT molecular complexity index is 438. The highest BCUT2D eigenvalue weighted by Gasteiger charge is 2.32. The summed E-state index contributed by atoms with van der Waals surface area (Å²) in [5.41, 5.74) is 0.220. The molecule has 3 rings (SSSR count). The lowest BCUT2D eigenvalue weighted by atomic mass is 9.94. The summed E-state index contributed by atoms with van der Waals surface area (Å²) in [4.78, 5) is 2.27. The average Bonchev–Trinajstić information content (AvgIpc) is 2.97. The molecule has 0 aliphatic carbocycles. The Labute approximate surface area is 119 Å². The standard InChI is InChI=1S/C16H22F2N2/c17-13-5-3-6-14(18)12(13)11-20-10-2-1-8-16(20)15-7-4-9-19-15/h3,5-6,15-16,19H,1-2,4,7-11H2. The molecule has 2 aliphatic heterocycles. The second-order valence-electron chi connectivity index (χ2n) is 5.94. The third kappa shape index (κ3) is 2.86. The summed E-state index contributed by atoms with van der Waals surface area (Å²) < 4.78 is 27.7. The van der Waals surface area contributed by atoms with Gasteiger partial charge >= 0.3 is 0 Å². The van der Waals surface area contributed by atoms with Crippen LogP contribution in [0.15, 0.2) is 18.2 Å². The fraction of sp³-hybridized carbons (Fsp3) is 0.625. The third-order valence-electron chi connectivity index (χ3n) is 4.65. The summed E-state index contributed by atoms with van der Waals surface area (Å²) in [5.74, 6) is -0.845. The molecule has 0 bridgehead atoms. The number of rotatable bonds is 3. The van der Waals surface area contributed by atoms with Crippen molar-refractivity contribution in [2.24, 2.45) is 0 Å². The fourth-order valence-corrected chi connectivity index (χ4v) is 3.60. The van der Waals surface area contributed by atoms with Crippen molar-refractivity contribution in [2.75, 3.05) is 13.1 Å². The molecule has 0 aromatic heterocycles. The van der Waals surface area contributed by atoms with Crippen molar-refractivity contribution >= 4 is 0 Å². The minimum Gasteiger partial charge on any atom is -0.312 e. The molecule has 4 heteroatoms. The Hall–Kier alpha value is -1.00. The summed E-state index contributed by atoms with van der Waals surface area (Å²) in [6, 6.07) is 5.05. The van der Waals surface area contributed by atoms with E-state index in [0.29, 0.717) is 18.6 Å². The molecule has 2 aliphatic rings. The van der Waals surface area contributed by atoms with E-state index >= 15 is 0 Å². The molecule has 2 saturated heterocycles.